The molecule has 0 heterocycles. The van der Waals surface area contributed by atoms with Crippen LogP contribution in [0.1, 0.15) is 0 Å². The van der Waals surface area contributed by atoms with Crippen molar-refractivity contribution in [2.45, 2.75) is 24.5 Å². The quantitative estimate of drug-likeness (QED) is 0.129. The van der Waals surface area contributed by atoms with E-state index in [1.165, 1.54) is 24.3 Å². The molecule has 0 amide bonds. The number of nitrogens with one attached hydrogen (secondary N) is 1. The number of anilines is 1. The van der Waals surface area contributed by atoms with Gasteiger partial charge >= 0.3 is 118 Å². The van der Waals surface area contributed by atoms with Crippen molar-refractivity contribution in [3.63, 3.8) is 0 Å². The van der Waals surface area contributed by atoms with E-state index in [1.807, 2.05) is 4.72 Å². The van der Waals surface area contributed by atoms with Gasteiger partial charge in [-0.3, -0.25) is 4.72 Å². The Morgan fingerprint density at radius 1 is 0.435 bits per heavy atom. The predicted octanol–water partition coefficient (Wildman–Crippen LogP) is -11.1. The molecule has 0 bridgehead atoms. The summed E-state index contributed by atoms with van der Waals surface area (Å²) in [6, 6.07) is 10.8. The van der Waals surface area contributed by atoms with Gasteiger partial charge in [0.1, 0.15) is 40.5 Å². The van der Waals surface area contributed by atoms with Crippen LogP contribution in [0.15, 0.2) is 97.3 Å². The first-order valence-electron chi connectivity index (χ1n) is 10.8. The minimum absolute atomic E-state index is 0. The minimum Gasteiger partial charge on any atom is -0.744 e. The van der Waals surface area contributed by atoms with Crippen molar-refractivity contribution in [2.24, 2.45) is 0 Å². The maximum atomic E-state index is 13.2. The molecule has 0 aromatic heterocycles. The van der Waals surface area contributed by atoms with E-state index in [1.54, 1.807) is 0 Å². The summed E-state index contributed by atoms with van der Waals surface area (Å²) < 4.78 is 167. The van der Waals surface area contributed by atoms with E-state index in [2.05, 4.69) is 0 Å². The monoisotopic (exact) mass is 767 g/mol. The van der Waals surface area contributed by atoms with Gasteiger partial charge in [-0.25, -0.2) is 42.1 Å². The Morgan fingerprint density at radius 3 is 1.17 bits per heavy atom. The van der Waals surface area contributed by atoms with Crippen molar-refractivity contribution in [1.82, 2.24) is 0 Å². The van der Waals surface area contributed by atoms with Crippen molar-refractivity contribution in [3.05, 3.63) is 72.8 Å². The van der Waals surface area contributed by atoms with Crippen LogP contribution in [0, 0.1) is 0 Å². The second-order valence-electron chi connectivity index (χ2n) is 8.46. The molecule has 15 nitrogen and oxygen atoms in total. The molecule has 0 saturated heterocycles. The molecule has 46 heavy (non-hydrogen) atoms. The molecule has 0 spiro atoms. The van der Waals surface area contributed by atoms with Gasteiger partial charge in [0, 0.05) is 5.39 Å². The van der Waals surface area contributed by atoms with E-state index in [9.17, 15) is 60.3 Å². The Kier molecular flexibility index (Phi) is 16.9. The van der Waals surface area contributed by atoms with Crippen LogP contribution in [0.25, 0.3) is 21.9 Å². The summed E-state index contributed by atoms with van der Waals surface area (Å²) in [4.78, 5) is -4.81. The molecule has 0 radical (unpaired) electrons. The molecule has 0 atom stereocenters. The van der Waals surface area contributed by atoms with E-state index in [0.29, 0.717) is 29.3 Å². The van der Waals surface area contributed by atoms with Gasteiger partial charge in [-0.15, -0.1) is 0 Å². The third-order valence-corrected chi connectivity index (χ3v) is 10.4. The zero-order chi connectivity index (χ0) is 31.5. The zero-order valence-electron chi connectivity index (χ0n) is 24.2. The van der Waals surface area contributed by atoms with E-state index in [4.69, 9.17) is 0 Å². The van der Waals surface area contributed by atoms with Crippen LogP contribution in [-0.4, -0.2) is 60.3 Å². The molecule has 0 saturated carbocycles. The largest absolute Gasteiger partial charge is 1.00 e. The smallest absolute Gasteiger partial charge is 0.744 e. The second kappa shape index (κ2) is 16.7. The summed E-state index contributed by atoms with van der Waals surface area (Å²) in [5.41, 5.74) is -0.169. The van der Waals surface area contributed by atoms with E-state index >= 15 is 0 Å². The molecule has 24 heteroatoms. The summed E-state index contributed by atoms with van der Waals surface area (Å²) in [7, 11) is -25.9. The number of fused-ring (bicyclic) bond motifs is 1. The Hall–Kier alpha value is 0.530. The molecule has 4 rings (SSSR count). The summed E-state index contributed by atoms with van der Waals surface area (Å²) in [6.07, 6.45) is 0. The maximum Gasteiger partial charge on any atom is 1.00 e. The van der Waals surface area contributed by atoms with Crippen LogP contribution in [0.2, 0.25) is 0 Å². The van der Waals surface area contributed by atoms with Gasteiger partial charge < -0.3 is 18.2 Å². The average Bonchev–Trinajstić information content (AvgIpc) is 2.85. The molecule has 1 N–H and O–H groups in total. The molecule has 0 aliphatic heterocycles. The Balaban J connectivity index is 0.00000506. The summed E-state index contributed by atoms with van der Waals surface area (Å²) >= 11 is 0. The van der Waals surface area contributed by atoms with Gasteiger partial charge in [0.05, 0.1) is 30.2 Å². The zero-order valence-corrected chi connectivity index (χ0v) is 36.3. The molecule has 0 fully saturated rings. The van der Waals surface area contributed by atoms with Gasteiger partial charge in [0.15, 0.2) is 0 Å². The van der Waals surface area contributed by atoms with Crippen LogP contribution >= 0.6 is 0 Å². The average molecular weight is 768 g/mol. The third kappa shape index (κ3) is 11.0. The Labute approximate surface area is 353 Å². The molecular formula is C22H13NNa4O14S5. The van der Waals surface area contributed by atoms with Crippen molar-refractivity contribution >= 4 is 67.0 Å². The fourth-order valence-electron chi connectivity index (χ4n) is 3.83. The number of hydrogen-bond acceptors (Lipinski definition) is 14. The number of benzene rings is 4. The van der Waals surface area contributed by atoms with Gasteiger partial charge in [0.2, 0.25) is 0 Å². The number of sulfonamides is 1. The first-order valence-corrected chi connectivity index (χ1v) is 17.9. The molecule has 4 aromatic carbocycles. The first kappa shape index (κ1) is 46.5. The summed E-state index contributed by atoms with van der Waals surface area (Å²) in [5.74, 6) is 0. The Morgan fingerprint density at radius 2 is 0.804 bits per heavy atom. The maximum absolute atomic E-state index is 13.2. The summed E-state index contributed by atoms with van der Waals surface area (Å²) in [6.45, 7) is 0. The molecule has 0 aliphatic carbocycles. The van der Waals surface area contributed by atoms with Gasteiger partial charge in [-0.2, -0.15) is 0 Å². The standard InChI is InChI=1S/C22H17NO14S5.4Na/c24-38(25,16-5-1-13(2-6-16)14-3-7-17(8-4-14)39(26,27)28)23-20-11-18(40(29,30)31)9-15-10-19(41(32,33)34)12-21(22(15)20)42(35,36)37;;;;/h1-12,23H,(H,26,27,28)(H,29,30,31)(H,32,33,34)(H,35,36,37);;;;/q;4*+1/p-4. The molecule has 224 valence electrons. The summed E-state index contributed by atoms with van der Waals surface area (Å²) in [5, 5.41) is -1.56. The van der Waals surface area contributed by atoms with Crippen LogP contribution in [0.4, 0.5) is 5.69 Å². The normalized spacial score (nSPS) is 12.1. The molecule has 4 aromatic rings. The molecular weight excluding hydrogens is 755 g/mol. The fraction of sp³-hybridized carbons (Fsp3) is 0. The predicted molar refractivity (Wildman–Crippen MR) is 138 cm³/mol. The van der Waals surface area contributed by atoms with Gasteiger partial charge in [-0.1, -0.05) is 24.3 Å². The third-order valence-electron chi connectivity index (χ3n) is 5.69. The van der Waals surface area contributed by atoms with E-state index in [0.717, 1.165) is 24.3 Å². The SMILES string of the molecule is O=S(=O)([O-])c1ccc(-c2ccc(S(=O)(=O)Nc3cc(S(=O)(=O)[O-])cc4cc(S(=O)(=O)[O-])cc(S(=O)(=O)[O-])c34)cc2)cc1.[Na+].[Na+].[Na+].[Na+]. The number of rotatable bonds is 8. The second-order valence-corrected chi connectivity index (χ2v) is 15.6. The Bertz CT molecular complexity index is 2310. The van der Waals surface area contributed by atoms with Crippen molar-refractivity contribution < 1.29 is 179 Å². The van der Waals surface area contributed by atoms with Crippen molar-refractivity contribution in [3.8, 4) is 11.1 Å². The van der Waals surface area contributed by atoms with Crippen LogP contribution in [0.3, 0.4) is 0 Å². The van der Waals surface area contributed by atoms with Crippen LogP contribution in [-0.2, 0) is 50.5 Å². The van der Waals surface area contributed by atoms with Crippen molar-refractivity contribution in [2.75, 3.05) is 4.72 Å². The topological polar surface area (TPSA) is 275 Å². The fourth-order valence-corrected chi connectivity index (χ4v) is 7.26. The molecule has 0 aliphatic rings. The van der Waals surface area contributed by atoms with E-state index in [-0.39, 0.29) is 124 Å². The molecule has 0 unspecified atom stereocenters. The van der Waals surface area contributed by atoms with Crippen LogP contribution in [0.5, 0.6) is 0 Å². The van der Waals surface area contributed by atoms with Crippen LogP contribution < -0.4 is 123 Å². The van der Waals surface area contributed by atoms with Gasteiger partial charge in [0.25, 0.3) is 10.0 Å². The van der Waals surface area contributed by atoms with E-state index < -0.39 is 91.4 Å². The van der Waals surface area contributed by atoms with Gasteiger partial charge in [-0.05, 0) is 65.0 Å². The first-order chi connectivity index (χ1) is 19.1. The number of hydrogen-bond donors (Lipinski definition) is 1. The minimum atomic E-state index is -5.62. The van der Waals surface area contributed by atoms with Crippen molar-refractivity contribution in [1.29, 1.82) is 0 Å².